The van der Waals surface area contributed by atoms with Crippen LogP contribution in [0.1, 0.15) is 25.8 Å². The van der Waals surface area contributed by atoms with E-state index in [1.165, 1.54) is 11.5 Å². The first-order valence-corrected chi connectivity index (χ1v) is 7.18. The van der Waals surface area contributed by atoms with E-state index in [0.717, 1.165) is 17.8 Å². The summed E-state index contributed by atoms with van der Waals surface area (Å²) in [5.74, 6) is 3.96. The first-order chi connectivity index (χ1) is 8.17. The molecule has 0 saturated heterocycles. The SMILES string of the molecule is CCSCCC(C)Nc1nc(NC)ncc1C. The van der Waals surface area contributed by atoms with Crippen LogP contribution in [0, 0.1) is 6.92 Å². The molecule has 1 unspecified atom stereocenters. The highest BCUT2D eigenvalue weighted by Crippen LogP contribution is 2.15. The summed E-state index contributed by atoms with van der Waals surface area (Å²) in [4.78, 5) is 8.59. The molecule has 0 saturated carbocycles. The van der Waals surface area contributed by atoms with Crippen LogP contribution in [0.15, 0.2) is 6.20 Å². The van der Waals surface area contributed by atoms with Crippen LogP contribution in [-0.2, 0) is 0 Å². The maximum atomic E-state index is 4.42. The van der Waals surface area contributed by atoms with Crippen molar-refractivity contribution in [3.05, 3.63) is 11.8 Å². The minimum atomic E-state index is 0.437. The minimum Gasteiger partial charge on any atom is -0.367 e. The summed E-state index contributed by atoms with van der Waals surface area (Å²) in [5, 5.41) is 6.39. The summed E-state index contributed by atoms with van der Waals surface area (Å²) >= 11 is 1.97. The van der Waals surface area contributed by atoms with Gasteiger partial charge in [-0.05, 0) is 31.8 Å². The van der Waals surface area contributed by atoms with Crippen LogP contribution < -0.4 is 10.6 Å². The second-order valence-electron chi connectivity index (χ2n) is 4.01. The van der Waals surface area contributed by atoms with Crippen molar-refractivity contribution in [2.24, 2.45) is 0 Å². The molecular weight excluding hydrogens is 232 g/mol. The molecule has 0 fully saturated rings. The zero-order chi connectivity index (χ0) is 12.7. The smallest absolute Gasteiger partial charge is 0.224 e. The van der Waals surface area contributed by atoms with Crippen molar-refractivity contribution in [3.8, 4) is 0 Å². The van der Waals surface area contributed by atoms with Gasteiger partial charge in [-0.2, -0.15) is 16.7 Å². The Hall–Kier alpha value is -0.970. The molecule has 5 heteroatoms. The van der Waals surface area contributed by atoms with Gasteiger partial charge in [0.15, 0.2) is 0 Å². The van der Waals surface area contributed by atoms with Crippen molar-refractivity contribution < 1.29 is 0 Å². The lowest BCUT2D eigenvalue weighted by atomic mass is 10.2. The lowest BCUT2D eigenvalue weighted by molar-refractivity contribution is 0.764. The molecule has 96 valence electrons. The van der Waals surface area contributed by atoms with E-state index in [4.69, 9.17) is 0 Å². The standard InChI is InChI=1S/C12H22N4S/c1-5-17-7-6-10(3)15-11-9(2)8-14-12(13-4)16-11/h8,10H,5-7H2,1-4H3,(H2,13,14,15,16). The molecule has 1 aromatic rings. The van der Waals surface area contributed by atoms with Crippen LogP contribution in [0.5, 0.6) is 0 Å². The Morgan fingerprint density at radius 1 is 1.47 bits per heavy atom. The predicted molar refractivity (Wildman–Crippen MR) is 77.0 cm³/mol. The third-order valence-electron chi connectivity index (χ3n) is 2.48. The number of rotatable bonds is 7. The van der Waals surface area contributed by atoms with Gasteiger partial charge in [0.05, 0.1) is 0 Å². The monoisotopic (exact) mass is 254 g/mol. The molecule has 17 heavy (non-hydrogen) atoms. The van der Waals surface area contributed by atoms with E-state index >= 15 is 0 Å². The van der Waals surface area contributed by atoms with Gasteiger partial charge < -0.3 is 10.6 Å². The number of nitrogens with zero attached hydrogens (tertiary/aromatic N) is 2. The minimum absolute atomic E-state index is 0.437. The Balaban J connectivity index is 2.54. The van der Waals surface area contributed by atoms with E-state index in [2.05, 4.69) is 34.4 Å². The van der Waals surface area contributed by atoms with Crippen molar-refractivity contribution >= 4 is 23.5 Å². The lowest BCUT2D eigenvalue weighted by Crippen LogP contribution is -2.18. The summed E-state index contributed by atoms with van der Waals surface area (Å²) < 4.78 is 0. The van der Waals surface area contributed by atoms with Crippen molar-refractivity contribution in [3.63, 3.8) is 0 Å². The largest absolute Gasteiger partial charge is 0.367 e. The van der Waals surface area contributed by atoms with E-state index in [1.807, 2.05) is 31.9 Å². The number of nitrogens with one attached hydrogen (secondary N) is 2. The predicted octanol–water partition coefficient (Wildman–Crippen LogP) is 2.77. The van der Waals surface area contributed by atoms with Gasteiger partial charge in [0, 0.05) is 24.8 Å². The number of hydrogen-bond acceptors (Lipinski definition) is 5. The molecule has 1 heterocycles. The van der Waals surface area contributed by atoms with Gasteiger partial charge in [-0.3, -0.25) is 0 Å². The normalized spacial score (nSPS) is 12.2. The summed E-state index contributed by atoms with van der Waals surface area (Å²) in [5.41, 5.74) is 1.08. The lowest BCUT2D eigenvalue weighted by Gasteiger charge is -2.16. The Kier molecular flexibility index (Phi) is 6.11. The van der Waals surface area contributed by atoms with E-state index in [1.54, 1.807) is 0 Å². The molecule has 0 amide bonds. The molecule has 0 aliphatic heterocycles. The highest BCUT2D eigenvalue weighted by atomic mass is 32.2. The third kappa shape index (κ3) is 4.81. The van der Waals surface area contributed by atoms with Gasteiger partial charge >= 0.3 is 0 Å². The second-order valence-corrected chi connectivity index (χ2v) is 5.40. The average molecular weight is 254 g/mol. The molecule has 2 N–H and O–H groups in total. The van der Waals surface area contributed by atoms with Gasteiger partial charge in [-0.1, -0.05) is 6.92 Å². The van der Waals surface area contributed by atoms with Gasteiger partial charge in [0.25, 0.3) is 0 Å². The van der Waals surface area contributed by atoms with E-state index in [0.29, 0.717) is 12.0 Å². The molecule has 4 nitrogen and oxygen atoms in total. The van der Waals surface area contributed by atoms with Crippen LogP contribution in [-0.4, -0.2) is 34.6 Å². The summed E-state index contributed by atoms with van der Waals surface area (Å²) in [7, 11) is 1.83. The third-order valence-corrected chi connectivity index (χ3v) is 3.41. The summed E-state index contributed by atoms with van der Waals surface area (Å²) in [6, 6.07) is 0.437. The van der Waals surface area contributed by atoms with Crippen LogP contribution in [0.25, 0.3) is 0 Å². The molecular formula is C12H22N4S. The fourth-order valence-corrected chi connectivity index (χ4v) is 2.23. The topological polar surface area (TPSA) is 49.8 Å². The molecule has 1 aromatic heterocycles. The van der Waals surface area contributed by atoms with Crippen LogP contribution in [0.4, 0.5) is 11.8 Å². The maximum absolute atomic E-state index is 4.42. The number of hydrogen-bond donors (Lipinski definition) is 2. The Labute approximate surface area is 108 Å². The van der Waals surface area contributed by atoms with E-state index < -0.39 is 0 Å². The number of aromatic nitrogens is 2. The van der Waals surface area contributed by atoms with Gasteiger partial charge in [0.1, 0.15) is 5.82 Å². The Bertz CT molecular complexity index is 343. The molecule has 1 rings (SSSR count). The molecule has 0 spiro atoms. The molecule has 0 aliphatic rings. The molecule has 0 bridgehead atoms. The molecule has 0 radical (unpaired) electrons. The fraction of sp³-hybridized carbons (Fsp3) is 0.667. The fourth-order valence-electron chi connectivity index (χ4n) is 1.42. The highest BCUT2D eigenvalue weighted by molar-refractivity contribution is 7.99. The van der Waals surface area contributed by atoms with Crippen molar-refractivity contribution in [1.29, 1.82) is 0 Å². The number of thioether (sulfide) groups is 1. The molecule has 0 aromatic carbocycles. The maximum Gasteiger partial charge on any atom is 0.224 e. The van der Waals surface area contributed by atoms with Gasteiger partial charge in [-0.15, -0.1) is 0 Å². The quantitative estimate of drug-likeness (QED) is 0.733. The Morgan fingerprint density at radius 3 is 2.88 bits per heavy atom. The zero-order valence-electron chi connectivity index (χ0n) is 11.1. The van der Waals surface area contributed by atoms with Crippen molar-refractivity contribution in [2.75, 3.05) is 29.2 Å². The summed E-state index contributed by atoms with van der Waals surface area (Å²) in [6.45, 7) is 6.41. The first-order valence-electron chi connectivity index (χ1n) is 6.03. The first kappa shape index (κ1) is 14.1. The Morgan fingerprint density at radius 2 is 2.24 bits per heavy atom. The van der Waals surface area contributed by atoms with Gasteiger partial charge in [-0.25, -0.2) is 4.98 Å². The average Bonchev–Trinajstić information content (AvgIpc) is 2.32. The van der Waals surface area contributed by atoms with Gasteiger partial charge in [0.2, 0.25) is 5.95 Å². The number of aryl methyl sites for hydroxylation is 1. The van der Waals surface area contributed by atoms with Crippen LogP contribution in [0.3, 0.4) is 0 Å². The van der Waals surface area contributed by atoms with E-state index in [9.17, 15) is 0 Å². The number of anilines is 2. The zero-order valence-corrected chi connectivity index (χ0v) is 11.9. The van der Waals surface area contributed by atoms with Crippen molar-refractivity contribution in [1.82, 2.24) is 9.97 Å². The van der Waals surface area contributed by atoms with E-state index in [-0.39, 0.29) is 0 Å². The molecule has 0 aliphatic carbocycles. The molecule has 1 atom stereocenters. The second kappa shape index (κ2) is 7.37. The van der Waals surface area contributed by atoms with Crippen LogP contribution >= 0.6 is 11.8 Å². The van der Waals surface area contributed by atoms with Crippen LogP contribution in [0.2, 0.25) is 0 Å². The highest BCUT2D eigenvalue weighted by Gasteiger charge is 2.06. The van der Waals surface area contributed by atoms with Crippen molar-refractivity contribution in [2.45, 2.75) is 33.2 Å². The summed E-state index contributed by atoms with van der Waals surface area (Å²) in [6.07, 6.45) is 2.99.